The molecule has 1 aromatic carbocycles. The zero-order chi connectivity index (χ0) is 13.1. The molecule has 1 heterocycles. The van der Waals surface area contributed by atoms with Crippen LogP contribution in [0, 0.1) is 5.82 Å². The first-order valence-corrected chi connectivity index (χ1v) is 7.46. The maximum absolute atomic E-state index is 13.0. The van der Waals surface area contributed by atoms with Crippen molar-refractivity contribution in [3.63, 3.8) is 0 Å². The van der Waals surface area contributed by atoms with E-state index in [1.807, 2.05) is 6.26 Å². The largest absolute Gasteiger partial charge is 0.382 e. The van der Waals surface area contributed by atoms with E-state index < -0.39 is 5.82 Å². The van der Waals surface area contributed by atoms with Crippen molar-refractivity contribution < 1.29 is 4.39 Å². The third kappa shape index (κ3) is 2.88. The van der Waals surface area contributed by atoms with Crippen molar-refractivity contribution in [2.24, 2.45) is 0 Å². The highest BCUT2D eigenvalue weighted by atomic mass is 35.5. The van der Waals surface area contributed by atoms with E-state index in [2.05, 4.69) is 9.69 Å². The number of nitrogens with one attached hydrogen (secondary N) is 1. The Balaban J connectivity index is 2.09. The molecule has 0 aliphatic rings. The number of halogens is 2. The van der Waals surface area contributed by atoms with Crippen molar-refractivity contribution in [1.29, 1.82) is 0 Å². The Bertz CT molecular complexity index is 559. The summed E-state index contributed by atoms with van der Waals surface area (Å²) in [5.74, 6) is 0.124. The second kappa shape index (κ2) is 5.77. The van der Waals surface area contributed by atoms with Crippen LogP contribution in [0.5, 0.6) is 0 Å². The smallest absolute Gasteiger partial charge is 0.153 e. The Morgan fingerprint density at radius 2 is 2.33 bits per heavy atom. The van der Waals surface area contributed by atoms with E-state index in [1.165, 1.54) is 17.6 Å². The molecule has 0 saturated carbocycles. The van der Waals surface area contributed by atoms with E-state index in [1.54, 1.807) is 23.9 Å². The molecule has 0 aliphatic heterocycles. The number of nitrogens with zero attached hydrogens (tertiary/aromatic N) is 1. The maximum atomic E-state index is 13.0. The van der Waals surface area contributed by atoms with Crippen LogP contribution in [0.25, 0.3) is 0 Å². The van der Waals surface area contributed by atoms with Crippen molar-refractivity contribution in [3.8, 4) is 0 Å². The van der Waals surface area contributed by atoms with Gasteiger partial charge in [0.15, 0.2) is 5.82 Å². The Kier molecular flexibility index (Phi) is 4.31. The van der Waals surface area contributed by atoms with Crippen LogP contribution in [0.15, 0.2) is 23.1 Å². The second-order valence-corrected chi connectivity index (χ2v) is 5.53. The molecule has 96 valence electrons. The minimum atomic E-state index is -0.410. The van der Waals surface area contributed by atoms with E-state index in [0.717, 1.165) is 15.5 Å². The number of thioether (sulfide) groups is 1. The second-order valence-electron chi connectivity index (χ2n) is 3.53. The predicted octanol–water partition coefficient (Wildman–Crippen LogP) is 3.85. The van der Waals surface area contributed by atoms with Crippen LogP contribution in [0.2, 0.25) is 5.02 Å². The zero-order valence-corrected chi connectivity index (χ0v) is 11.9. The average Bonchev–Trinajstić information content (AvgIpc) is 2.71. The van der Waals surface area contributed by atoms with E-state index in [4.69, 9.17) is 17.3 Å². The quantitative estimate of drug-likeness (QED) is 0.842. The highest BCUT2D eigenvalue weighted by Crippen LogP contribution is 2.34. The minimum Gasteiger partial charge on any atom is -0.382 e. The fourth-order valence-electron chi connectivity index (χ4n) is 1.44. The molecule has 0 atom stereocenters. The van der Waals surface area contributed by atoms with Gasteiger partial charge in [-0.15, -0.1) is 11.8 Å². The van der Waals surface area contributed by atoms with E-state index in [0.29, 0.717) is 12.4 Å². The highest BCUT2D eigenvalue weighted by Gasteiger charge is 2.10. The topological polar surface area (TPSA) is 50.9 Å². The summed E-state index contributed by atoms with van der Waals surface area (Å²) in [6.07, 6.45) is 1.94. The van der Waals surface area contributed by atoms with Crippen LogP contribution in [0.4, 0.5) is 15.2 Å². The normalized spacial score (nSPS) is 10.6. The summed E-state index contributed by atoms with van der Waals surface area (Å²) in [5.41, 5.74) is 6.64. The zero-order valence-electron chi connectivity index (χ0n) is 9.54. The molecular weight excluding hydrogens is 293 g/mol. The molecule has 2 rings (SSSR count). The molecule has 3 N–H and O–H groups in total. The molecule has 2 aromatic rings. The number of nitrogen functional groups attached to an aromatic ring is 1. The summed E-state index contributed by atoms with van der Waals surface area (Å²) in [6.45, 7) is 0.551. The van der Waals surface area contributed by atoms with Gasteiger partial charge in [0.05, 0.1) is 9.92 Å². The van der Waals surface area contributed by atoms with E-state index in [9.17, 15) is 4.39 Å². The van der Waals surface area contributed by atoms with Crippen LogP contribution in [0.1, 0.15) is 5.56 Å². The molecule has 0 aliphatic carbocycles. The molecule has 1 aromatic heterocycles. The number of rotatable bonds is 4. The van der Waals surface area contributed by atoms with Crippen molar-refractivity contribution in [2.75, 3.05) is 17.3 Å². The molecule has 18 heavy (non-hydrogen) atoms. The predicted molar refractivity (Wildman–Crippen MR) is 77.0 cm³/mol. The molecule has 0 spiro atoms. The highest BCUT2D eigenvalue weighted by molar-refractivity contribution is 7.99. The Morgan fingerprint density at radius 1 is 1.56 bits per heavy atom. The van der Waals surface area contributed by atoms with E-state index in [-0.39, 0.29) is 5.02 Å². The number of hydrogen-bond donors (Lipinski definition) is 2. The van der Waals surface area contributed by atoms with Crippen molar-refractivity contribution >= 4 is 45.7 Å². The van der Waals surface area contributed by atoms with Gasteiger partial charge in [0.1, 0.15) is 10.8 Å². The van der Waals surface area contributed by atoms with E-state index >= 15 is 0 Å². The van der Waals surface area contributed by atoms with Gasteiger partial charge in [-0.05, 0) is 35.5 Å². The number of hydrogen-bond acceptors (Lipinski definition) is 5. The summed E-state index contributed by atoms with van der Waals surface area (Å²) >= 11 is 8.58. The van der Waals surface area contributed by atoms with Crippen molar-refractivity contribution in [1.82, 2.24) is 4.37 Å². The van der Waals surface area contributed by atoms with Gasteiger partial charge >= 0.3 is 0 Å². The third-order valence-corrected chi connectivity index (χ3v) is 4.37. The fourth-order valence-corrected chi connectivity index (χ4v) is 3.18. The first-order chi connectivity index (χ1) is 8.61. The van der Waals surface area contributed by atoms with Gasteiger partial charge in [0, 0.05) is 6.54 Å². The monoisotopic (exact) mass is 303 g/mol. The lowest BCUT2D eigenvalue weighted by molar-refractivity contribution is 0.627. The Hall–Kier alpha value is -0.980. The number of aromatic nitrogens is 1. The third-order valence-electron chi connectivity index (χ3n) is 2.32. The summed E-state index contributed by atoms with van der Waals surface area (Å²) in [6, 6.07) is 4.65. The first-order valence-electron chi connectivity index (χ1n) is 5.08. The standard InChI is InChI=1S/C11H11ClFN3S2/c1-17-9-10(14)16-18-11(9)15-5-6-2-3-8(13)7(12)4-6/h2-4,15H,5H2,1H3,(H2,14,16). The van der Waals surface area contributed by atoms with Gasteiger partial charge in [-0.25, -0.2) is 4.39 Å². The van der Waals surface area contributed by atoms with Crippen LogP contribution < -0.4 is 11.1 Å². The van der Waals surface area contributed by atoms with Gasteiger partial charge in [-0.1, -0.05) is 17.7 Å². The van der Waals surface area contributed by atoms with Gasteiger partial charge in [-0.3, -0.25) is 0 Å². The van der Waals surface area contributed by atoms with Crippen molar-refractivity contribution in [2.45, 2.75) is 11.4 Å². The lowest BCUT2D eigenvalue weighted by Crippen LogP contribution is -1.99. The molecule has 3 nitrogen and oxygen atoms in total. The fraction of sp³-hybridized carbons (Fsp3) is 0.182. The summed E-state index contributed by atoms with van der Waals surface area (Å²) in [4.78, 5) is 0.938. The van der Waals surface area contributed by atoms with Gasteiger partial charge in [0.2, 0.25) is 0 Å². The maximum Gasteiger partial charge on any atom is 0.153 e. The molecule has 0 bridgehead atoms. The summed E-state index contributed by atoms with van der Waals surface area (Å²) in [7, 11) is 0. The molecule has 0 amide bonds. The number of benzene rings is 1. The molecule has 7 heteroatoms. The van der Waals surface area contributed by atoms with Crippen LogP contribution in [-0.4, -0.2) is 10.6 Å². The molecule has 0 unspecified atom stereocenters. The molecular formula is C11H11ClFN3S2. The van der Waals surface area contributed by atoms with Gasteiger partial charge in [-0.2, -0.15) is 4.37 Å². The van der Waals surface area contributed by atoms with Gasteiger partial charge in [0.25, 0.3) is 0 Å². The molecule has 0 fully saturated rings. The van der Waals surface area contributed by atoms with Crippen molar-refractivity contribution in [3.05, 3.63) is 34.6 Å². The average molecular weight is 304 g/mol. The Labute approximate surface area is 118 Å². The SMILES string of the molecule is CSc1c(N)nsc1NCc1ccc(F)c(Cl)c1. The van der Waals surface area contributed by atoms with Crippen LogP contribution in [-0.2, 0) is 6.54 Å². The van der Waals surface area contributed by atoms with Gasteiger partial charge < -0.3 is 11.1 Å². The molecule has 0 saturated heterocycles. The summed E-state index contributed by atoms with van der Waals surface area (Å²) in [5, 5.41) is 4.27. The Morgan fingerprint density at radius 3 is 3.00 bits per heavy atom. The lowest BCUT2D eigenvalue weighted by atomic mass is 10.2. The number of nitrogens with two attached hydrogens (primary N) is 1. The summed E-state index contributed by atoms with van der Waals surface area (Å²) < 4.78 is 17.1. The first kappa shape index (κ1) is 13.5. The minimum absolute atomic E-state index is 0.128. The molecule has 0 radical (unpaired) electrons. The van der Waals surface area contributed by atoms with Crippen LogP contribution in [0.3, 0.4) is 0 Å². The number of anilines is 2. The van der Waals surface area contributed by atoms with Crippen LogP contribution >= 0.6 is 34.9 Å². The lowest BCUT2D eigenvalue weighted by Gasteiger charge is -2.06.